The van der Waals surface area contributed by atoms with E-state index in [1.165, 1.54) is 25.7 Å². The number of rotatable bonds is 4. The molecule has 3 atom stereocenters. The number of nitrogens with one attached hydrogen (secondary N) is 1. The quantitative estimate of drug-likeness (QED) is 0.591. The van der Waals surface area contributed by atoms with Crippen LogP contribution in [-0.2, 0) is 4.79 Å². The molecule has 3 heteroatoms. The van der Waals surface area contributed by atoms with Crippen LogP contribution in [0.1, 0.15) is 52.9 Å². The van der Waals surface area contributed by atoms with Crippen LogP contribution in [0.15, 0.2) is 5.10 Å². The van der Waals surface area contributed by atoms with Crippen molar-refractivity contribution in [1.82, 2.24) is 5.43 Å². The summed E-state index contributed by atoms with van der Waals surface area (Å²) in [6.07, 6.45) is 6.02. The molecule has 17 heavy (non-hydrogen) atoms. The molecule has 2 rings (SSSR count). The third kappa shape index (κ3) is 3.08. The Labute approximate surface area is 104 Å². The highest BCUT2D eigenvalue weighted by atomic mass is 16.2. The van der Waals surface area contributed by atoms with Crippen molar-refractivity contribution >= 4 is 11.6 Å². The van der Waals surface area contributed by atoms with E-state index in [2.05, 4.69) is 17.5 Å². The lowest BCUT2D eigenvalue weighted by molar-refractivity contribution is -0.121. The molecule has 0 spiro atoms. The third-order valence-electron chi connectivity index (χ3n) is 4.23. The standard InChI is InChI=1S/C14H24N2O/c1-9(2)6-14(17)16-15-10(3)13-8-11-4-5-12(13)7-11/h9,11-13H,4-8H2,1-3H3,(H,16,17)/b15-10+. The van der Waals surface area contributed by atoms with Gasteiger partial charge in [0.1, 0.15) is 0 Å². The SMILES string of the molecule is C/C(=N\NC(=O)CC(C)C)C1CC2CCC1C2. The van der Waals surface area contributed by atoms with Crippen molar-refractivity contribution in [2.24, 2.45) is 28.8 Å². The number of carbonyl (C=O) groups is 1. The first kappa shape index (κ1) is 12.6. The molecule has 2 bridgehead atoms. The van der Waals surface area contributed by atoms with Crippen LogP contribution in [0.5, 0.6) is 0 Å². The highest BCUT2D eigenvalue weighted by molar-refractivity contribution is 5.86. The summed E-state index contributed by atoms with van der Waals surface area (Å²) in [5.41, 5.74) is 3.83. The Kier molecular flexibility index (Phi) is 3.85. The Hall–Kier alpha value is -0.860. The van der Waals surface area contributed by atoms with Crippen LogP contribution in [0.3, 0.4) is 0 Å². The van der Waals surface area contributed by atoms with Gasteiger partial charge in [0.15, 0.2) is 0 Å². The van der Waals surface area contributed by atoms with Gasteiger partial charge >= 0.3 is 0 Å². The van der Waals surface area contributed by atoms with Gasteiger partial charge in [-0.05, 0) is 43.9 Å². The van der Waals surface area contributed by atoms with Crippen molar-refractivity contribution in [1.29, 1.82) is 0 Å². The second-order valence-corrected chi connectivity index (χ2v) is 6.17. The Bertz CT molecular complexity index is 322. The predicted molar refractivity (Wildman–Crippen MR) is 69.6 cm³/mol. The van der Waals surface area contributed by atoms with Gasteiger partial charge in [-0.15, -0.1) is 0 Å². The second kappa shape index (κ2) is 5.19. The molecule has 0 heterocycles. The predicted octanol–water partition coefficient (Wildman–Crippen LogP) is 2.96. The van der Waals surface area contributed by atoms with Gasteiger partial charge in [-0.25, -0.2) is 5.43 Å². The summed E-state index contributed by atoms with van der Waals surface area (Å²) in [7, 11) is 0. The molecule has 0 aromatic rings. The molecule has 0 aromatic heterocycles. The average molecular weight is 236 g/mol. The number of hydrogen-bond acceptors (Lipinski definition) is 2. The molecule has 0 saturated heterocycles. The third-order valence-corrected chi connectivity index (χ3v) is 4.23. The fourth-order valence-corrected chi connectivity index (χ4v) is 3.41. The monoisotopic (exact) mass is 236 g/mol. The summed E-state index contributed by atoms with van der Waals surface area (Å²) < 4.78 is 0. The fourth-order valence-electron chi connectivity index (χ4n) is 3.41. The van der Waals surface area contributed by atoms with Crippen molar-refractivity contribution in [2.45, 2.75) is 52.9 Å². The van der Waals surface area contributed by atoms with Crippen LogP contribution in [0.4, 0.5) is 0 Å². The fraction of sp³-hybridized carbons (Fsp3) is 0.857. The van der Waals surface area contributed by atoms with Crippen LogP contribution >= 0.6 is 0 Å². The molecule has 2 aliphatic rings. The Morgan fingerprint density at radius 3 is 2.65 bits per heavy atom. The number of carbonyl (C=O) groups excluding carboxylic acids is 1. The van der Waals surface area contributed by atoms with Crippen molar-refractivity contribution in [3.8, 4) is 0 Å². The molecule has 1 amide bonds. The molecule has 0 radical (unpaired) electrons. The molecule has 2 saturated carbocycles. The van der Waals surface area contributed by atoms with E-state index in [0.717, 1.165) is 17.5 Å². The number of hydrogen-bond donors (Lipinski definition) is 1. The second-order valence-electron chi connectivity index (χ2n) is 6.17. The minimum atomic E-state index is 0.0440. The molecular weight excluding hydrogens is 212 g/mol. The van der Waals surface area contributed by atoms with Crippen LogP contribution in [0.2, 0.25) is 0 Å². The van der Waals surface area contributed by atoms with Crippen molar-refractivity contribution in [2.75, 3.05) is 0 Å². The molecule has 1 N–H and O–H groups in total. The van der Waals surface area contributed by atoms with Gasteiger partial charge < -0.3 is 0 Å². The van der Waals surface area contributed by atoms with Gasteiger partial charge in [-0.3, -0.25) is 4.79 Å². The zero-order valence-electron chi connectivity index (χ0n) is 11.2. The number of amides is 1. The first-order valence-corrected chi connectivity index (χ1v) is 6.89. The first-order chi connectivity index (χ1) is 8.06. The summed E-state index contributed by atoms with van der Waals surface area (Å²) in [6, 6.07) is 0. The van der Waals surface area contributed by atoms with Gasteiger partial charge in [0, 0.05) is 18.1 Å². The van der Waals surface area contributed by atoms with Crippen LogP contribution in [0.25, 0.3) is 0 Å². The molecule has 2 fully saturated rings. The summed E-state index contributed by atoms with van der Waals surface area (Å²) >= 11 is 0. The summed E-state index contributed by atoms with van der Waals surface area (Å²) in [5.74, 6) is 2.84. The molecule has 96 valence electrons. The lowest BCUT2D eigenvalue weighted by Gasteiger charge is -2.21. The largest absolute Gasteiger partial charge is 0.273 e. The van der Waals surface area contributed by atoms with E-state index in [1.807, 2.05) is 13.8 Å². The van der Waals surface area contributed by atoms with Gasteiger partial charge in [0.05, 0.1) is 0 Å². The Morgan fingerprint density at radius 1 is 1.35 bits per heavy atom. The van der Waals surface area contributed by atoms with Crippen LogP contribution in [-0.4, -0.2) is 11.6 Å². The zero-order valence-corrected chi connectivity index (χ0v) is 11.2. The normalized spacial score (nSPS) is 32.2. The topological polar surface area (TPSA) is 41.5 Å². The van der Waals surface area contributed by atoms with Crippen molar-refractivity contribution in [3.63, 3.8) is 0 Å². The van der Waals surface area contributed by atoms with E-state index >= 15 is 0 Å². The maximum atomic E-state index is 11.5. The Morgan fingerprint density at radius 2 is 2.12 bits per heavy atom. The summed E-state index contributed by atoms with van der Waals surface area (Å²) in [5, 5.41) is 4.30. The lowest BCUT2D eigenvalue weighted by Crippen LogP contribution is -2.25. The molecular formula is C14H24N2O. The smallest absolute Gasteiger partial charge is 0.240 e. The molecule has 2 aliphatic carbocycles. The van der Waals surface area contributed by atoms with Crippen LogP contribution in [0, 0.1) is 23.7 Å². The maximum Gasteiger partial charge on any atom is 0.240 e. The van der Waals surface area contributed by atoms with Crippen molar-refractivity contribution < 1.29 is 4.79 Å². The lowest BCUT2D eigenvalue weighted by atomic mass is 9.86. The number of nitrogens with zero attached hydrogens (tertiary/aromatic N) is 1. The maximum absolute atomic E-state index is 11.5. The Balaban J connectivity index is 1.83. The number of fused-ring (bicyclic) bond motifs is 2. The van der Waals surface area contributed by atoms with Crippen molar-refractivity contribution in [3.05, 3.63) is 0 Å². The molecule has 3 unspecified atom stereocenters. The minimum absolute atomic E-state index is 0.0440. The van der Waals surface area contributed by atoms with E-state index in [0.29, 0.717) is 18.3 Å². The average Bonchev–Trinajstić information content (AvgIpc) is 2.86. The van der Waals surface area contributed by atoms with E-state index in [1.54, 1.807) is 0 Å². The van der Waals surface area contributed by atoms with E-state index in [9.17, 15) is 4.79 Å². The van der Waals surface area contributed by atoms with Gasteiger partial charge in [0.2, 0.25) is 5.91 Å². The minimum Gasteiger partial charge on any atom is -0.273 e. The molecule has 0 aliphatic heterocycles. The van der Waals surface area contributed by atoms with E-state index < -0.39 is 0 Å². The highest BCUT2D eigenvalue weighted by Gasteiger charge is 2.40. The summed E-state index contributed by atoms with van der Waals surface area (Å²) in [4.78, 5) is 11.5. The zero-order chi connectivity index (χ0) is 12.4. The summed E-state index contributed by atoms with van der Waals surface area (Å²) in [6.45, 7) is 6.17. The number of hydrazone groups is 1. The molecule has 3 nitrogen and oxygen atoms in total. The highest BCUT2D eigenvalue weighted by Crippen LogP contribution is 2.48. The van der Waals surface area contributed by atoms with Crippen LogP contribution < -0.4 is 5.43 Å². The van der Waals surface area contributed by atoms with Gasteiger partial charge in [-0.2, -0.15) is 5.10 Å². The van der Waals surface area contributed by atoms with E-state index in [4.69, 9.17) is 0 Å². The van der Waals surface area contributed by atoms with Gasteiger partial charge in [0.25, 0.3) is 0 Å². The van der Waals surface area contributed by atoms with Gasteiger partial charge in [-0.1, -0.05) is 20.3 Å². The first-order valence-electron chi connectivity index (χ1n) is 6.89. The van der Waals surface area contributed by atoms with E-state index in [-0.39, 0.29) is 5.91 Å². The molecule has 0 aromatic carbocycles.